The summed E-state index contributed by atoms with van der Waals surface area (Å²) >= 11 is 0. The van der Waals surface area contributed by atoms with Crippen LogP contribution in [0.3, 0.4) is 0 Å². The van der Waals surface area contributed by atoms with E-state index in [-0.39, 0.29) is 35.6 Å². The van der Waals surface area contributed by atoms with E-state index < -0.39 is 0 Å². The van der Waals surface area contributed by atoms with E-state index in [4.69, 9.17) is 0 Å². The Bertz CT molecular complexity index is 1270. The summed E-state index contributed by atoms with van der Waals surface area (Å²) in [6, 6.07) is 20.0. The summed E-state index contributed by atoms with van der Waals surface area (Å²) in [5.74, 6) is 1.12. The molecule has 2 unspecified atom stereocenters. The van der Waals surface area contributed by atoms with Gasteiger partial charge in [0, 0.05) is 24.7 Å². The molecule has 0 saturated heterocycles. The van der Waals surface area contributed by atoms with Crippen molar-refractivity contribution < 1.29 is 9.59 Å². The number of fused-ring (bicyclic) bond motifs is 2. The number of aryl methyl sites for hydroxylation is 2. The fraction of sp³-hybridized carbons (Fsp3) is 0.452. The average Bonchev–Trinajstić information content (AvgIpc) is 3.60. The third-order valence-electron chi connectivity index (χ3n) is 8.73. The number of benzene rings is 2. The third kappa shape index (κ3) is 4.94. The van der Waals surface area contributed by atoms with Gasteiger partial charge in [-0.15, -0.1) is 0 Å². The second-order valence-electron chi connectivity index (χ2n) is 11.0. The van der Waals surface area contributed by atoms with Crippen LogP contribution in [-0.4, -0.2) is 27.6 Å². The minimum absolute atomic E-state index is 0.0170. The van der Waals surface area contributed by atoms with Gasteiger partial charge in [0.2, 0.25) is 11.8 Å². The first-order valence-corrected chi connectivity index (χ1v) is 13.6. The van der Waals surface area contributed by atoms with Gasteiger partial charge in [0.25, 0.3) is 0 Å². The summed E-state index contributed by atoms with van der Waals surface area (Å²) in [4.78, 5) is 27.4. The van der Waals surface area contributed by atoms with Crippen LogP contribution in [0.4, 0.5) is 5.82 Å². The molecule has 2 aliphatic rings. The lowest BCUT2D eigenvalue weighted by Crippen LogP contribution is -2.50. The predicted octanol–water partition coefficient (Wildman–Crippen LogP) is 5.69. The van der Waals surface area contributed by atoms with E-state index in [9.17, 15) is 9.59 Å². The lowest BCUT2D eigenvalue weighted by atomic mass is 9.81. The van der Waals surface area contributed by atoms with Crippen LogP contribution in [-0.2, 0) is 16.6 Å². The van der Waals surface area contributed by atoms with Crippen molar-refractivity contribution in [3.63, 3.8) is 0 Å². The van der Waals surface area contributed by atoms with Crippen molar-refractivity contribution in [3.05, 3.63) is 71.8 Å². The SMILES string of the molecule is CCC(C)C(C(=O)N[C@H]1[C@@H]2CC[C@H](C2)[C@@H]1C(=O)Nc1cc(-c2ccccc2C)nn1C)c1ccccc1. The van der Waals surface area contributed by atoms with Crippen LogP contribution in [0.25, 0.3) is 11.3 Å². The summed E-state index contributed by atoms with van der Waals surface area (Å²) in [5, 5.41) is 11.2. The van der Waals surface area contributed by atoms with Crippen molar-refractivity contribution in [1.82, 2.24) is 15.1 Å². The van der Waals surface area contributed by atoms with Crippen molar-refractivity contribution in [1.29, 1.82) is 0 Å². The number of hydrogen-bond acceptors (Lipinski definition) is 3. The topological polar surface area (TPSA) is 76.0 Å². The van der Waals surface area contributed by atoms with E-state index in [0.29, 0.717) is 17.7 Å². The largest absolute Gasteiger partial charge is 0.352 e. The van der Waals surface area contributed by atoms with Crippen LogP contribution in [0, 0.1) is 30.6 Å². The molecule has 2 aliphatic carbocycles. The number of nitrogens with zero attached hydrogens (tertiary/aromatic N) is 2. The predicted molar refractivity (Wildman–Crippen MR) is 147 cm³/mol. The normalized spacial score (nSPS) is 24.0. The molecule has 0 radical (unpaired) electrons. The van der Waals surface area contributed by atoms with Gasteiger partial charge in [-0.3, -0.25) is 14.3 Å². The van der Waals surface area contributed by atoms with Crippen molar-refractivity contribution in [2.75, 3.05) is 5.32 Å². The van der Waals surface area contributed by atoms with Crippen molar-refractivity contribution in [2.24, 2.45) is 30.7 Å². The number of aromatic nitrogens is 2. The molecule has 1 aromatic heterocycles. The molecule has 2 N–H and O–H groups in total. The molecule has 5 rings (SSSR count). The number of carbonyl (C=O) groups excluding carboxylic acids is 2. The highest BCUT2D eigenvalue weighted by atomic mass is 16.2. The molecular weight excluding hydrogens is 460 g/mol. The molecule has 1 heterocycles. The van der Waals surface area contributed by atoms with Gasteiger partial charge in [0.1, 0.15) is 5.82 Å². The first kappa shape index (κ1) is 25.2. The maximum Gasteiger partial charge on any atom is 0.230 e. The quantitative estimate of drug-likeness (QED) is 0.419. The molecule has 194 valence electrons. The lowest BCUT2D eigenvalue weighted by Gasteiger charge is -2.33. The lowest BCUT2D eigenvalue weighted by molar-refractivity contribution is -0.127. The summed E-state index contributed by atoms with van der Waals surface area (Å²) < 4.78 is 1.73. The van der Waals surface area contributed by atoms with Gasteiger partial charge < -0.3 is 10.6 Å². The molecule has 2 amide bonds. The highest BCUT2D eigenvalue weighted by molar-refractivity contribution is 5.94. The van der Waals surface area contributed by atoms with Crippen LogP contribution in [0.1, 0.15) is 56.6 Å². The van der Waals surface area contributed by atoms with Crippen LogP contribution in [0.5, 0.6) is 0 Å². The molecule has 6 heteroatoms. The first-order valence-electron chi connectivity index (χ1n) is 13.6. The van der Waals surface area contributed by atoms with Crippen LogP contribution in [0.15, 0.2) is 60.7 Å². The molecular formula is C31H38N4O2. The number of hydrogen-bond donors (Lipinski definition) is 2. The Morgan fingerprint density at radius 1 is 1.05 bits per heavy atom. The number of anilines is 1. The summed E-state index contributed by atoms with van der Waals surface area (Å²) in [6.45, 7) is 6.32. The van der Waals surface area contributed by atoms with Gasteiger partial charge >= 0.3 is 0 Å². The molecule has 0 spiro atoms. The van der Waals surface area contributed by atoms with Crippen LogP contribution in [0.2, 0.25) is 0 Å². The second kappa shape index (κ2) is 10.5. The maximum absolute atomic E-state index is 13.7. The first-order chi connectivity index (χ1) is 17.9. The highest BCUT2D eigenvalue weighted by Gasteiger charge is 2.52. The summed E-state index contributed by atoms with van der Waals surface area (Å²) in [7, 11) is 1.86. The van der Waals surface area contributed by atoms with Crippen LogP contribution < -0.4 is 10.6 Å². The van der Waals surface area contributed by atoms with Crippen molar-refractivity contribution >= 4 is 17.6 Å². The number of amides is 2. The minimum atomic E-state index is -0.229. The smallest absolute Gasteiger partial charge is 0.230 e. The van der Waals surface area contributed by atoms with Gasteiger partial charge in [-0.2, -0.15) is 5.10 Å². The van der Waals surface area contributed by atoms with Gasteiger partial charge in [-0.25, -0.2) is 0 Å². The Labute approximate surface area is 219 Å². The van der Waals surface area contributed by atoms with E-state index in [0.717, 1.165) is 48.1 Å². The number of carbonyl (C=O) groups is 2. The molecule has 2 fully saturated rings. The monoisotopic (exact) mass is 498 g/mol. The fourth-order valence-corrected chi connectivity index (χ4v) is 6.55. The third-order valence-corrected chi connectivity index (χ3v) is 8.73. The molecule has 37 heavy (non-hydrogen) atoms. The van der Waals surface area contributed by atoms with Gasteiger partial charge in [-0.05, 0) is 55.1 Å². The molecule has 2 bridgehead atoms. The molecule has 6 nitrogen and oxygen atoms in total. The van der Waals surface area contributed by atoms with Gasteiger partial charge in [-0.1, -0.05) is 74.9 Å². The zero-order chi connectivity index (χ0) is 26.1. The Kier molecular flexibility index (Phi) is 7.18. The van der Waals surface area contributed by atoms with E-state index in [1.165, 1.54) is 0 Å². The van der Waals surface area contributed by atoms with E-state index in [1.807, 2.05) is 61.6 Å². The fourth-order valence-electron chi connectivity index (χ4n) is 6.55. The molecule has 2 saturated carbocycles. The molecule has 0 aliphatic heterocycles. The molecule has 6 atom stereocenters. The molecule has 2 aromatic carbocycles. The van der Waals surface area contributed by atoms with E-state index >= 15 is 0 Å². The van der Waals surface area contributed by atoms with E-state index in [1.54, 1.807) is 4.68 Å². The summed E-state index contributed by atoms with van der Waals surface area (Å²) in [5.41, 5.74) is 4.08. The number of nitrogens with one attached hydrogen (secondary N) is 2. The average molecular weight is 499 g/mol. The van der Waals surface area contributed by atoms with Gasteiger partial charge in [0.05, 0.1) is 17.5 Å². The second-order valence-corrected chi connectivity index (χ2v) is 11.0. The maximum atomic E-state index is 13.7. The Morgan fingerprint density at radius 2 is 1.76 bits per heavy atom. The molecule has 3 aromatic rings. The Hall–Kier alpha value is -3.41. The zero-order valence-electron chi connectivity index (χ0n) is 22.3. The zero-order valence-corrected chi connectivity index (χ0v) is 22.3. The summed E-state index contributed by atoms with van der Waals surface area (Å²) in [6.07, 6.45) is 4.03. The van der Waals surface area contributed by atoms with Crippen LogP contribution >= 0.6 is 0 Å². The minimum Gasteiger partial charge on any atom is -0.352 e. The van der Waals surface area contributed by atoms with Crippen molar-refractivity contribution in [2.45, 2.75) is 58.4 Å². The van der Waals surface area contributed by atoms with Gasteiger partial charge in [0.15, 0.2) is 0 Å². The number of rotatable bonds is 8. The van der Waals surface area contributed by atoms with E-state index in [2.05, 4.69) is 42.6 Å². The van der Waals surface area contributed by atoms with Crippen molar-refractivity contribution in [3.8, 4) is 11.3 Å². The standard InChI is InChI=1S/C31H38N4O2/c1-5-19(2)27(21-12-7-6-8-13-21)30(36)33-29-23-16-15-22(17-23)28(29)31(37)32-26-18-25(34-35(26)4)24-14-10-9-11-20(24)3/h6-14,18-19,22-23,27-29H,5,15-17H2,1-4H3,(H,32,37)(H,33,36)/t19?,22-,23-,27?,28+,29+/m1/s1. The highest BCUT2D eigenvalue weighted by Crippen LogP contribution is 2.49. The Morgan fingerprint density at radius 3 is 2.49 bits per heavy atom. The Balaban J connectivity index is 1.35.